The molecule has 0 fully saturated rings. The van der Waals surface area contributed by atoms with E-state index in [1.807, 2.05) is 24.3 Å². The molecule has 1 aromatic heterocycles. The lowest BCUT2D eigenvalue weighted by molar-refractivity contribution is 0.0785. The Labute approximate surface area is 133 Å². The number of halogens is 1. The fraction of sp³-hybridized carbons (Fsp3) is 0.111. The normalized spacial score (nSPS) is 10.5. The van der Waals surface area contributed by atoms with Crippen molar-refractivity contribution in [3.8, 4) is 11.3 Å². The van der Waals surface area contributed by atoms with Gasteiger partial charge in [0.25, 0.3) is 5.91 Å². The number of nitrogens with zero attached hydrogens (tertiary/aromatic N) is 2. The molecule has 4 nitrogen and oxygen atoms in total. The van der Waals surface area contributed by atoms with Crippen LogP contribution in [0.25, 0.3) is 11.3 Å². The van der Waals surface area contributed by atoms with Gasteiger partial charge in [0.2, 0.25) is 0 Å². The van der Waals surface area contributed by atoms with Gasteiger partial charge in [0.1, 0.15) is 5.82 Å². The van der Waals surface area contributed by atoms with Gasteiger partial charge < -0.3 is 4.90 Å². The third-order valence-electron chi connectivity index (χ3n) is 3.60. The van der Waals surface area contributed by atoms with Crippen molar-refractivity contribution >= 4 is 5.91 Å². The summed E-state index contributed by atoms with van der Waals surface area (Å²) in [5, 5.41) is 6.80. The van der Waals surface area contributed by atoms with Crippen LogP contribution in [0.2, 0.25) is 0 Å². The zero-order valence-corrected chi connectivity index (χ0v) is 12.7. The molecule has 3 rings (SSSR count). The number of carbonyl (C=O) groups excluding carboxylic acids is 1. The highest BCUT2D eigenvalue weighted by Gasteiger charge is 2.13. The van der Waals surface area contributed by atoms with Gasteiger partial charge in [0.15, 0.2) is 0 Å². The van der Waals surface area contributed by atoms with Crippen LogP contribution in [0.4, 0.5) is 4.39 Å². The number of hydrogen-bond acceptors (Lipinski definition) is 2. The van der Waals surface area contributed by atoms with Crippen LogP contribution in [0.3, 0.4) is 0 Å². The van der Waals surface area contributed by atoms with Gasteiger partial charge in [-0.05, 0) is 35.9 Å². The van der Waals surface area contributed by atoms with E-state index in [0.29, 0.717) is 12.1 Å². The van der Waals surface area contributed by atoms with Gasteiger partial charge in [0.05, 0.1) is 5.69 Å². The summed E-state index contributed by atoms with van der Waals surface area (Å²) in [4.78, 5) is 14.2. The predicted molar refractivity (Wildman–Crippen MR) is 86.2 cm³/mol. The number of aromatic amines is 1. The number of amides is 1. The van der Waals surface area contributed by atoms with Crippen molar-refractivity contribution in [3.63, 3.8) is 0 Å². The summed E-state index contributed by atoms with van der Waals surface area (Å²) >= 11 is 0. The molecule has 0 bridgehead atoms. The largest absolute Gasteiger partial charge is 0.337 e. The molecule has 3 aromatic rings. The van der Waals surface area contributed by atoms with Crippen molar-refractivity contribution in [3.05, 3.63) is 77.7 Å². The number of hydrogen-bond donors (Lipinski definition) is 1. The van der Waals surface area contributed by atoms with Gasteiger partial charge in [-0.3, -0.25) is 9.89 Å². The first kappa shape index (κ1) is 15.0. The maximum absolute atomic E-state index is 12.9. The van der Waals surface area contributed by atoms with E-state index in [1.165, 1.54) is 12.1 Å². The van der Waals surface area contributed by atoms with Gasteiger partial charge in [0, 0.05) is 30.9 Å². The molecule has 0 aliphatic rings. The lowest BCUT2D eigenvalue weighted by Crippen LogP contribution is -2.26. The van der Waals surface area contributed by atoms with Crippen molar-refractivity contribution in [2.45, 2.75) is 6.54 Å². The zero-order valence-electron chi connectivity index (χ0n) is 12.7. The third kappa shape index (κ3) is 3.45. The molecule has 0 saturated heterocycles. The first-order valence-electron chi connectivity index (χ1n) is 7.23. The van der Waals surface area contributed by atoms with Crippen molar-refractivity contribution in [2.75, 3.05) is 7.05 Å². The van der Waals surface area contributed by atoms with Gasteiger partial charge >= 0.3 is 0 Å². The number of rotatable bonds is 4. The summed E-state index contributed by atoms with van der Waals surface area (Å²) < 4.78 is 12.9. The molecule has 0 aliphatic carbocycles. The highest BCUT2D eigenvalue weighted by atomic mass is 19.1. The Hall–Kier alpha value is -2.95. The van der Waals surface area contributed by atoms with Crippen LogP contribution in [0, 0.1) is 5.82 Å². The number of H-pyrrole nitrogens is 1. The van der Waals surface area contributed by atoms with Gasteiger partial charge in [-0.2, -0.15) is 5.10 Å². The SMILES string of the molecule is CN(Cc1ccc(F)cc1)C(=O)c1cccc(-c2ccn[nH]2)c1. The number of aromatic nitrogens is 2. The minimum Gasteiger partial charge on any atom is -0.337 e. The standard InChI is InChI=1S/C18H16FN3O/c1-22(12-13-5-7-16(19)8-6-13)18(23)15-4-2-3-14(11-15)17-9-10-20-21-17/h2-11H,12H2,1H3,(H,20,21). The molecule has 23 heavy (non-hydrogen) atoms. The topological polar surface area (TPSA) is 49.0 Å². The Morgan fingerprint density at radius 3 is 2.65 bits per heavy atom. The van der Waals surface area contributed by atoms with E-state index in [9.17, 15) is 9.18 Å². The summed E-state index contributed by atoms with van der Waals surface area (Å²) in [7, 11) is 1.73. The second-order valence-corrected chi connectivity index (χ2v) is 5.34. The fourth-order valence-corrected chi connectivity index (χ4v) is 2.39. The number of benzene rings is 2. The minimum atomic E-state index is -0.282. The molecule has 0 saturated carbocycles. The average molecular weight is 309 g/mol. The van der Waals surface area contributed by atoms with E-state index < -0.39 is 0 Å². The molecule has 2 aromatic carbocycles. The van der Waals surface area contributed by atoms with E-state index in [0.717, 1.165) is 16.8 Å². The molecule has 5 heteroatoms. The molecule has 1 heterocycles. The lowest BCUT2D eigenvalue weighted by atomic mass is 10.1. The van der Waals surface area contributed by atoms with Crippen molar-refractivity contribution in [2.24, 2.45) is 0 Å². The van der Waals surface area contributed by atoms with E-state index in [4.69, 9.17) is 0 Å². The Morgan fingerprint density at radius 2 is 1.96 bits per heavy atom. The molecule has 0 unspecified atom stereocenters. The third-order valence-corrected chi connectivity index (χ3v) is 3.60. The number of nitrogens with one attached hydrogen (secondary N) is 1. The lowest BCUT2D eigenvalue weighted by Gasteiger charge is -2.17. The van der Waals surface area contributed by atoms with Crippen LogP contribution >= 0.6 is 0 Å². The number of carbonyl (C=O) groups is 1. The summed E-state index contributed by atoms with van der Waals surface area (Å²) in [5.41, 5.74) is 3.25. The zero-order chi connectivity index (χ0) is 16.2. The first-order chi connectivity index (χ1) is 11.1. The molecule has 0 aliphatic heterocycles. The van der Waals surface area contributed by atoms with Crippen molar-refractivity contribution < 1.29 is 9.18 Å². The molecule has 0 atom stereocenters. The smallest absolute Gasteiger partial charge is 0.253 e. The minimum absolute atomic E-state index is 0.0873. The highest BCUT2D eigenvalue weighted by molar-refractivity contribution is 5.95. The van der Waals surface area contributed by atoms with Crippen LogP contribution in [0.15, 0.2) is 60.8 Å². The average Bonchev–Trinajstić information content (AvgIpc) is 3.11. The van der Waals surface area contributed by atoms with E-state index in [1.54, 1.807) is 36.3 Å². The second-order valence-electron chi connectivity index (χ2n) is 5.34. The molecule has 0 spiro atoms. The van der Waals surface area contributed by atoms with Crippen molar-refractivity contribution in [1.82, 2.24) is 15.1 Å². The van der Waals surface area contributed by atoms with Crippen LogP contribution < -0.4 is 0 Å². The molecular formula is C18H16FN3O. The van der Waals surface area contributed by atoms with Crippen LogP contribution in [0.5, 0.6) is 0 Å². The fourth-order valence-electron chi connectivity index (χ4n) is 2.39. The Balaban J connectivity index is 1.77. The predicted octanol–water partition coefficient (Wildman–Crippen LogP) is 3.49. The Kier molecular flexibility index (Phi) is 4.19. The van der Waals surface area contributed by atoms with E-state index >= 15 is 0 Å². The van der Waals surface area contributed by atoms with Crippen molar-refractivity contribution in [1.29, 1.82) is 0 Å². The van der Waals surface area contributed by atoms with Gasteiger partial charge in [-0.15, -0.1) is 0 Å². The maximum atomic E-state index is 12.9. The summed E-state index contributed by atoms with van der Waals surface area (Å²) in [5.74, 6) is -0.370. The van der Waals surface area contributed by atoms with Gasteiger partial charge in [-0.25, -0.2) is 4.39 Å². The van der Waals surface area contributed by atoms with Crippen LogP contribution in [0.1, 0.15) is 15.9 Å². The Bertz CT molecular complexity index is 797. The molecule has 1 N–H and O–H groups in total. The molecule has 116 valence electrons. The monoisotopic (exact) mass is 309 g/mol. The van der Waals surface area contributed by atoms with Crippen LogP contribution in [-0.2, 0) is 6.54 Å². The summed E-state index contributed by atoms with van der Waals surface area (Å²) in [6.45, 7) is 0.424. The molecular weight excluding hydrogens is 293 g/mol. The molecule has 1 amide bonds. The maximum Gasteiger partial charge on any atom is 0.253 e. The highest BCUT2D eigenvalue weighted by Crippen LogP contribution is 2.19. The quantitative estimate of drug-likeness (QED) is 0.802. The summed E-state index contributed by atoms with van der Waals surface area (Å²) in [6.07, 6.45) is 1.67. The van der Waals surface area contributed by atoms with Gasteiger partial charge in [-0.1, -0.05) is 24.3 Å². The summed E-state index contributed by atoms with van der Waals surface area (Å²) in [6, 6.07) is 15.4. The van der Waals surface area contributed by atoms with E-state index in [-0.39, 0.29) is 11.7 Å². The van der Waals surface area contributed by atoms with Crippen LogP contribution in [-0.4, -0.2) is 28.1 Å². The molecule has 0 radical (unpaired) electrons. The second kappa shape index (κ2) is 6.44. The Morgan fingerprint density at radius 1 is 1.17 bits per heavy atom. The first-order valence-corrected chi connectivity index (χ1v) is 7.23. The van der Waals surface area contributed by atoms with E-state index in [2.05, 4.69) is 10.2 Å².